The molecule has 0 fully saturated rings. The largest absolute Gasteiger partial charge is 0.458 e. The quantitative estimate of drug-likeness (QED) is 0.0374. The van der Waals surface area contributed by atoms with Gasteiger partial charge in [-0.2, -0.15) is 0 Å². The lowest BCUT2D eigenvalue weighted by molar-refractivity contribution is -0.171. The fourth-order valence-corrected chi connectivity index (χ4v) is 13.3. The van der Waals surface area contributed by atoms with E-state index in [0.29, 0.717) is 38.3 Å². The second-order valence-electron chi connectivity index (χ2n) is 28.4. The number of esters is 2. The number of benzene rings is 1. The van der Waals surface area contributed by atoms with Crippen LogP contribution in [0.1, 0.15) is 338 Å². The molecule has 0 saturated carbocycles. The predicted molar refractivity (Wildman–Crippen MR) is 368 cm³/mol. The molecule has 1 rings (SSSR count). The Bertz CT molecular complexity index is 1610. The Morgan fingerprint density at radius 2 is 0.835 bits per heavy atom. The van der Waals surface area contributed by atoms with Crippen LogP contribution in [0.4, 0.5) is 0 Å². The van der Waals surface area contributed by atoms with E-state index >= 15 is 0 Å². The maximum Gasteiger partial charge on any atom is 0.347 e. The van der Waals surface area contributed by atoms with E-state index in [4.69, 9.17) is 13.9 Å². The van der Waals surface area contributed by atoms with Crippen molar-refractivity contribution in [2.45, 2.75) is 381 Å². The van der Waals surface area contributed by atoms with Crippen molar-refractivity contribution in [1.29, 1.82) is 0 Å². The topological polar surface area (TPSA) is 109 Å². The molecule has 0 heterocycles. The van der Waals surface area contributed by atoms with Crippen molar-refractivity contribution >= 4 is 20.3 Å². The van der Waals surface area contributed by atoms with Gasteiger partial charge >= 0.3 is 11.9 Å². The number of carbonyl (C=O) groups excluding carboxylic acids is 2. The molecule has 0 saturated heterocycles. The van der Waals surface area contributed by atoms with Gasteiger partial charge in [0.05, 0.1) is 24.2 Å². The summed E-state index contributed by atoms with van der Waals surface area (Å²) in [5, 5.41) is 23.0. The first-order chi connectivity index (χ1) is 41.0. The third-order valence-corrected chi connectivity index (χ3v) is 23.2. The molecule has 0 spiro atoms. The number of aliphatic hydroxyl groups is 2. The lowest BCUT2D eigenvalue weighted by atomic mass is 10.00. The molecule has 0 radical (unpaired) electrons. The van der Waals surface area contributed by atoms with Crippen molar-refractivity contribution in [3.63, 3.8) is 0 Å². The highest BCUT2D eigenvalue weighted by Gasteiger charge is 2.39. The molecular weight excluding hydrogens is 1070 g/mol. The minimum atomic E-state index is -2.08. The monoisotopic (exact) mass is 1210 g/mol. The molecule has 500 valence electrons. The highest BCUT2D eigenvalue weighted by Crippen LogP contribution is 2.38. The summed E-state index contributed by atoms with van der Waals surface area (Å²) in [7, 11) is -2.08. The second kappa shape index (κ2) is 54.0. The number of unbranched alkanes of at least 4 members (excludes halogenated alkanes) is 30. The summed E-state index contributed by atoms with van der Waals surface area (Å²) in [6, 6.07) is 9.73. The van der Waals surface area contributed by atoms with Gasteiger partial charge in [0.25, 0.3) is 0 Å². The van der Waals surface area contributed by atoms with Gasteiger partial charge in [0.1, 0.15) is 6.61 Å². The number of hydrogen-bond acceptors (Lipinski definition) is 9. The SMILES string of the molecule is CCCCCCCCCC[C@@H](C)CN(CCCCC(C)C(=O)OC(CCCCN(C[C@H](O)CCCCCCCCCC)C[C@@H](CCCCCCCCCC)O[Si](C)(C)C(C)(C)C)C(=O)OCc1ccccc1)C[C@H](O)CCCCCCCCCC. The van der Waals surface area contributed by atoms with Crippen molar-refractivity contribution in [1.82, 2.24) is 9.80 Å². The Kier molecular flexibility index (Phi) is 51.5. The predicted octanol–water partition coefficient (Wildman–Crippen LogP) is 21.1. The Morgan fingerprint density at radius 3 is 1.27 bits per heavy atom. The van der Waals surface area contributed by atoms with E-state index < -0.39 is 26.5 Å². The van der Waals surface area contributed by atoms with E-state index in [1.165, 1.54) is 193 Å². The highest BCUT2D eigenvalue weighted by molar-refractivity contribution is 6.74. The van der Waals surface area contributed by atoms with Gasteiger partial charge < -0.3 is 29.0 Å². The van der Waals surface area contributed by atoms with Gasteiger partial charge in [-0.15, -0.1) is 0 Å². The summed E-state index contributed by atoms with van der Waals surface area (Å²) in [6.07, 6.45) is 47.7. The number of carbonyl (C=O) groups is 2. The molecule has 9 nitrogen and oxygen atoms in total. The molecule has 1 aromatic carbocycles. The first-order valence-corrected chi connectivity index (χ1v) is 39.8. The molecule has 1 aromatic rings. The van der Waals surface area contributed by atoms with Crippen molar-refractivity contribution in [2.24, 2.45) is 11.8 Å². The normalized spacial score (nSPS) is 14.4. The zero-order valence-electron chi connectivity index (χ0n) is 58.3. The Balaban J connectivity index is 3.13. The number of nitrogens with zero attached hydrogens (tertiary/aromatic N) is 2. The minimum absolute atomic E-state index is 0.0896. The third-order valence-electron chi connectivity index (χ3n) is 18.6. The van der Waals surface area contributed by atoms with Gasteiger partial charge in [-0.25, -0.2) is 4.79 Å². The van der Waals surface area contributed by atoms with E-state index in [9.17, 15) is 19.8 Å². The van der Waals surface area contributed by atoms with Crippen LogP contribution in [-0.2, 0) is 30.1 Å². The van der Waals surface area contributed by atoms with Crippen molar-refractivity contribution in [2.75, 3.05) is 39.3 Å². The fraction of sp³-hybridized carbons (Fsp3) is 0.893. The van der Waals surface area contributed by atoms with E-state index in [-0.39, 0.29) is 35.7 Å². The summed E-state index contributed by atoms with van der Waals surface area (Å²) in [6.45, 7) is 30.1. The van der Waals surface area contributed by atoms with Crippen LogP contribution in [0.5, 0.6) is 0 Å². The van der Waals surface area contributed by atoms with Gasteiger partial charge in [0, 0.05) is 26.2 Å². The molecule has 0 amide bonds. The molecule has 2 unspecified atom stereocenters. The number of ether oxygens (including phenoxy) is 2. The Labute approximate surface area is 529 Å². The molecular formula is C75H144N2O7Si. The van der Waals surface area contributed by atoms with Crippen LogP contribution < -0.4 is 0 Å². The van der Waals surface area contributed by atoms with Crippen molar-refractivity contribution in [3.8, 4) is 0 Å². The van der Waals surface area contributed by atoms with Gasteiger partial charge in [-0.05, 0) is 100 Å². The van der Waals surface area contributed by atoms with Gasteiger partial charge in [-0.1, -0.05) is 305 Å². The molecule has 10 heteroatoms. The maximum absolute atomic E-state index is 14.0. The van der Waals surface area contributed by atoms with E-state index in [1.807, 2.05) is 37.3 Å². The minimum Gasteiger partial charge on any atom is -0.458 e. The van der Waals surface area contributed by atoms with Crippen LogP contribution in [0, 0.1) is 11.8 Å². The standard InChI is InChI=1S/C75H144N2O7Si/c1-12-16-20-24-28-32-36-41-51-66(5)61-76(62-69(78)55-44-37-33-29-25-21-17-13-2)59-49-47-52-67(6)73(80)83-72(74(81)82-65-68-53-42-40-43-54-68)58-48-50-60-77(63-70(79)56-45-38-34-30-26-22-18-14-3)64-71(84-85(10,11)75(7,8)9)57-46-39-35-31-27-23-19-15-4/h40,42-43,53-54,66-67,69-72,78-79H,12-39,41,44-52,55-65H2,1-11H3/t66-,67?,69-,70-,71-,72?/m1/s1. The fourth-order valence-electron chi connectivity index (χ4n) is 11.9. The summed E-state index contributed by atoms with van der Waals surface area (Å²) in [4.78, 5) is 32.9. The smallest absolute Gasteiger partial charge is 0.347 e. The molecule has 0 aliphatic carbocycles. The molecule has 0 aliphatic rings. The molecule has 0 aliphatic heterocycles. The van der Waals surface area contributed by atoms with E-state index in [0.717, 1.165) is 89.5 Å². The molecule has 0 aromatic heterocycles. The zero-order valence-corrected chi connectivity index (χ0v) is 59.3. The summed E-state index contributed by atoms with van der Waals surface area (Å²) in [5.74, 6) is -0.610. The first-order valence-electron chi connectivity index (χ1n) is 36.9. The molecule has 0 bridgehead atoms. The lowest BCUT2D eigenvalue weighted by Crippen LogP contribution is -2.48. The Hall–Kier alpha value is -1.82. The number of aliphatic hydroxyl groups excluding tert-OH is 2. The van der Waals surface area contributed by atoms with Gasteiger partial charge in [-0.3, -0.25) is 9.69 Å². The van der Waals surface area contributed by atoms with E-state index in [1.54, 1.807) is 0 Å². The van der Waals surface area contributed by atoms with Gasteiger partial charge in [0.15, 0.2) is 14.4 Å². The molecule has 85 heavy (non-hydrogen) atoms. The summed E-state index contributed by atoms with van der Waals surface area (Å²) < 4.78 is 19.3. The van der Waals surface area contributed by atoms with Crippen LogP contribution >= 0.6 is 0 Å². The lowest BCUT2D eigenvalue weighted by Gasteiger charge is -2.41. The van der Waals surface area contributed by atoms with Crippen LogP contribution in [0.15, 0.2) is 30.3 Å². The average Bonchev–Trinajstić information content (AvgIpc) is 3.47. The van der Waals surface area contributed by atoms with E-state index in [2.05, 4.69) is 78.3 Å². The average molecular weight is 1210 g/mol. The second-order valence-corrected chi connectivity index (χ2v) is 33.2. The summed E-state index contributed by atoms with van der Waals surface area (Å²) in [5.41, 5.74) is 0.897. The molecule has 2 N–H and O–H groups in total. The number of rotatable bonds is 61. The van der Waals surface area contributed by atoms with Gasteiger partial charge in [0.2, 0.25) is 0 Å². The zero-order chi connectivity index (χ0) is 62.7. The van der Waals surface area contributed by atoms with Crippen LogP contribution in [0.25, 0.3) is 0 Å². The van der Waals surface area contributed by atoms with Crippen molar-refractivity contribution in [3.05, 3.63) is 35.9 Å². The van der Waals surface area contributed by atoms with Crippen molar-refractivity contribution < 1.29 is 33.7 Å². The van der Waals surface area contributed by atoms with Crippen LogP contribution in [-0.4, -0.2) is 104 Å². The molecule has 6 atom stereocenters. The number of hydrogen-bond donors (Lipinski definition) is 2. The third kappa shape index (κ3) is 46.0. The Morgan fingerprint density at radius 1 is 0.459 bits per heavy atom. The maximum atomic E-state index is 14.0. The van der Waals surface area contributed by atoms with Crippen LogP contribution in [0.3, 0.4) is 0 Å². The summed E-state index contributed by atoms with van der Waals surface area (Å²) >= 11 is 0. The van der Waals surface area contributed by atoms with Crippen LogP contribution in [0.2, 0.25) is 18.1 Å². The first kappa shape index (κ1) is 81.2. The highest BCUT2D eigenvalue weighted by atomic mass is 28.4.